The molecule has 0 radical (unpaired) electrons. The fraction of sp³-hybridized carbons (Fsp3) is 0.421. The van der Waals surface area contributed by atoms with Crippen molar-refractivity contribution in [2.24, 2.45) is 5.92 Å². The molecule has 2 N–H and O–H groups in total. The third-order valence-corrected chi connectivity index (χ3v) is 5.07. The number of urea groups is 1. The topological polar surface area (TPSA) is 87.5 Å². The van der Waals surface area contributed by atoms with Crippen molar-refractivity contribution in [3.05, 3.63) is 45.6 Å². The van der Waals surface area contributed by atoms with Crippen LogP contribution < -0.4 is 10.6 Å². The quantitative estimate of drug-likeness (QED) is 0.756. The Hall–Kier alpha value is -2.25. The maximum absolute atomic E-state index is 12.7. The maximum Gasteiger partial charge on any atom is 0.319 e. The van der Waals surface area contributed by atoms with Crippen LogP contribution in [0.15, 0.2) is 22.6 Å². The molecule has 1 saturated heterocycles. The van der Waals surface area contributed by atoms with Crippen LogP contribution in [-0.2, 0) is 6.54 Å². The van der Waals surface area contributed by atoms with Crippen LogP contribution in [0.1, 0.15) is 41.9 Å². The molecule has 1 aromatic heterocycles. The van der Waals surface area contributed by atoms with Gasteiger partial charge in [0.05, 0.1) is 6.54 Å². The number of carbonyl (C=O) groups is 2. The summed E-state index contributed by atoms with van der Waals surface area (Å²) in [7, 11) is 0. The van der Waals surface area contributed by atoms with E-state index in [1.54, 1.807) is 30.0 Å². The first kappa shape index (κ1) is 20.5. The van der Waals surface area contributed by atoms with Crippen molar-refractivity contribution in [2.45, 2.75) is 33.2 Å². The van der Waals surface area contributed by atoms with Crippen molar-refractivity contribution < 1.29 is 14.0 Å². The van der Waals surface area contributed by atoms with E-state index in [-0.39, 0.29) is 18.3 Å². The molecule has 1 fully saturated rings. The van der Waals surface area contributed by atoms with E-state index >= 15 is 0 Å². The summed E-state index contributed by atoms with van der Waals surface area (Å²) in [6.45, 7) is 5.39. The first-order valence-electron chi connectivity index (χ1n) is 9.08. The van der Waals surface area contributed by atoms with Crippen LogP contribution in [0.25, 0.3) is 0 Å². The molecule has 3 rings (SSSR count). The Morgan fingerprint density at radius 2 is 1.86 bits per heavy atom. The normalized spacial score (nSPS) is 14.8. The first-order valence-corrected chi connectivity index (χ1v) is 9.84. The minimum Gasteiger partial charge on any atom is -0.443 e. The van der Waals surface area contributed by atoms with E-state index in [9.17, 15) is 9.59 Å². The van der Waals surface area contributed by atoms with E-state index in [1.807, 2.05) is 0 Å². The van der Waals surface area contributed by atoms with Crippen LogP contribution in [0.5, 0.6) is 0 Å². The van der Waals surface area contributed by atoms with E-state index in [1.165, 1.54) is 0 Å². The van der Waals surface area contributed by atoms with Crippen LogP contribution in [0.4, 0.5) is 10.5 Å². The van der Waals surface area contributed by atoms with Gasteiger partial charge in [0.15, 0.2) is 5.69 Å². The minimum atomic E-state index is -0.466. The number of halogens is 2. The maximum atomic E-state index is 12.7. The number of likely N-dealkylation sites (tertiary alicyclic amines) is 1. The number of hydrogen-bond donors (Lipinski definition) is 2. The number of hydrogen-bond acceptors (Lipinski definition) is 4. The number of anilines is 1. The number of nitrogens with zero attached hydrogens (tertiary/aromatic N) is 2. The zero-order valence-electron chi connectivity index (χ0n) is 15.7. The number of amides is 3. The van der Waals surface area contributed by atoms with E-state index in [0.29, 0.717) is 33.1 Å². The zero-order chi connectivity index (χ0) is 20.3. The highest BCUT2D eigenvalue weighted by atomic mass is 35.5. The average Bonchev–Trinajstić information content (AvgIpc) is 3.00. The third-order valence-electron chi connectivity index (χ3n) is 4.63. The van der Waals surface area contributed by atoms with Crippen LogP contribution in [0, 0.1) is 12.8 Å². The second-order valence-electron chi connectivity index (χ2n) is 6.95. The second kappa shape index (κ2) is 8.84. The minimum absolute atomic E-state index is 0.0469. The van der Waals surface area contributed by atoms with Crippen LogP contribution >= 0.6 is 23.2 Å². The van der Waals surface area contributed by atoms with Gasteiger partial charge in [-0.05, 0) is 43.9 Å². The number of aryl methyl sites for hydroxylation is 1. The zero-order valence-corrected chi connectivity index (χ0v) is 17.2. The molecule has 0 bridgehead atoms. The number of piperidine rings is 1. The van der Waals surface area contributed by atoms with E-state index in [4.69, 9.17) is 27.6 Å². The van der Waals surface area contributed by atoms with Gasteiger partial charge in [0.2, 0.25) is 5.89 Å². The summed E-state index contributed by atoms with van der Waals surface area (Å²) < 4.78 is 5.54. The summed E-state index contributed by atoms with van der Waals surface area (Å²) >= 11 is 11.8. The van der Waals surface area contributed by atoms with Gasteiger partial charge < -0.3 is 20.0 Å². The van der Waals surface area contributed by atoms with Gasteiger partial charge in [-0.3, -0.25) is 4.79 Å². The molecule has 3 amide bonds. The van der Waals surface area contributed by atoms with Crippen LogP contribution in [0.2, 0.25) is 10.0 Å². The van der Waals surface area contributed by atoms with Crippen molar-refractivity contribution in [2.75, 3.05) is 18.4 Å². The van der Waals surface area contributed by atoms with Crippen LogP contribution in [-0.4, -0.2) is 34.9 Å². The lowest BCUT2D eigenvalue weighted by Crippen LogP contribution is -2.38. The van der Waals surface area contributed by atoms with Gasteiger partial charge in [-0.25, -0.2) is 9.78 Å². The highest BCUT2D eigenvalue weighted by Gasteiger charge is 2.26. The number of carbonyl (C=O) groups excluding carboxylic acids is 2. The molecule has 2 aromatic rings. The number of oxazole rings is 1. The first-order chi connectivity index (χ1) is 13.3. The summed E-state index contributed by atoms with van der Waals surface area (Å²) in [4.78, 5) is 30.8. The average molecular weight is 425 g/mol. The SMILES string of the molecule is Cc1oc(CNC(=O)Nc2cc(Cl)cc(Cl)c2)nc1C(=O)N1CCC(C)CC1. The van der Waals surface area contributed by atoms with Gasteiger partial charge >= 0.3 is 6.03 Å². The molecule has 0 atom stereocenters. The lowest BCUT2D eigenvalue weighted by molar-refractivity contribution is 0.0690. The molecule has 7 nitrogen and oxygen atoms in total. The summed E-state index contributed by atoms with van der Waals surface area (Å²) in [5.74, 6) is 1.22. The highest BCUT2D eigenvalue weighted by molar-refractivity contribution is 6.35. The van der Waals surface area contributed by atoms with Crippen molar-refractivity contribution in [1.82, 2.24) is 15.2 Å². The molecule has 1 aliphatic heterocycles. The van der Waals surface area contributed by atoms with Gasteiger partial charge in [-0.15, -0.1) is 0 Å². The van der Waals surface area contributed by atoms with Crippen molar-refractivity contribution >= 4 is 40.8 Å². The number of nitrogens with one attached hydrogen (secondary N) is 2. The molecule has 1 aliphatic rings. The number of aromatic nitrogens is 1. The molecule has 0 unspecified atom stereocenters. The smallest absolute Gasteiger partial charge is 0.319 e. The molecule has 1 aromatic carbocycles. The third kappa shape index (κ3) is 5.17. The fourth-order valence-corrected chi connectivity index (χ4v) is 3.57. The van der Waals surface area contributed by atoms with Gasteiger partial charge in [-0.1, -0.05) is 30.1 Å². The predicted molar refractivity (Wildman–Crippen MR) is 108 cm³/mol. The molecule has 2 heterocycles. The second-order valence-corrected chi connectivity index (χ2v) is 7.83. The standard InChI is InChI=1S/C19H22Cl2N4O3/c1-11-3-5-25(6-4-11)18(26)17-12(2)28-16(24-17)10-22-19(27)23-15-8-13(20)7-14(21)9-15/h7-9,11H,3-6,10H2,1-2H3,(H2,22,23,27). The number of rotatable bonds is 4. The lowest BCUT2D eigenvalue weighted by Gasteiger charge is -2.29. The monoisotopic (exact) mass is 424 g/mol. The molecule has 0 spiro atoms. The lowest BCUT2D eigenvalue weighted by atomic mass is 9.99. The fourth-order valence-electron chi connectivity index (χ4n) is 3.04. The van der Waals surface area contributed by atoms with Crippen molar-refractivity contribution in [3.8, 4) is 0 Å². The molecule has 0 aliphatic carbocycles. The summed E-state index contributed by atoms with van der Waals surface area (Å²) in [6.07, 6.45) is 1.98. The Labute approximate surface area is 173 Å². The van der Waals surface area contributed by atoms with Crippen molar-refractivity contribution in [3.63, 3.8) is 0 Å². The Morgan fingerprint density at radius 1 is 1.21 bits per heavy atom. The molecular weight excluding hydrogens is 403 g/mol. The predicted octanol–water partition coefficient (Wildman–Crippen LogP) is 4.48. The number of benzene rings is 1. The molecule has 0 saturated carbocycles. The Kier molecular flexibility index (Phi) is 6.46. The van der Waals surface area contributed by atoms with Gasteiger partial charge in [0.1, 0.15) is 5.76 Å². The van der Waals surface area contributed by atoms with Gasteiger partial charge in [0, 0.05) is 28.8 Å². The van der Waals surface area contributed by atoms with E-state index < -0.39 is 6.03 Å². The summed E-state index contributed by atoms with van der Waals surface area (Å²) in [5.41, 5.74) is 0.766. The van der Waals surface area contributed by atoms with Gasteiger partial charge in [0.25, 0.3) is 5.91 Å². The molecule has 28 heavy (non-hydrogen) atoms. The van der Waals surface area contributed by atoms with Crippen LogP contribution in [0.3, 0.4) is 0 Å². The van der Waals surface area contributed by atoms with E-state index in [2.05, 4.69) is 22.5 Å². The van der Waals surface area contributed by atoms with E-state index in [0.717, 1.165) is 25.9 Å². The largest absolute Gasteiger partial charge is 0.443 e. The van der Waals surface area contributed by atoms with Gasteiger partial charge in [-0.2, -0.15) is 0 Å². The highest BCUT2D eigenvalue weighted by Crippen LogP contribution is 2.22. The molecule has 150 valence electrons. The molecular formula is C19H22Cl2N4O3. The van der Waals surface area contributed by atoms with Crippen molar-refractivity contribution in [1.29, 1.82) is 0 Å². The Balaban J connectivity index is 1.57. The Bertz CT molecular complexity index is 856. The summed E-state index contributed by atoms with van der Waals surface area (Å²) in [6, 6.07) is 4.27. The summed E-state index contributed by atoms with van der Waals surface area (Å²) in [5, 5.41) is 6.10. The Morgan fingerprint density at radius 3 is 2.50 bits per heavy atom. The molecule has 9 heteroatoms.